The highest BCUT2D eigenvalue weighted by Crippen LogP contribution is 1.94. The molecule has 1 aromatic heterocycles. The first-order valence-electron chi connectivity index (χ1n) is 3.92. The van der Waals surface area contributed by atoms with E-state index in [0.29, 0.717) is 5.82 Å². The van der Waals surface area contributed by atoms with Crippen molar-refractivity contribution in [2.45, 2.75) is 6.10 Å². The molecule has 2 amide bonds. The van der Waals surface area contributed by atoms with Crippen molar-refractivity contribution in [2.75, 3.05) is 18.5 Å². The molecule has 1 unspecified atom stereocenters. The molecule has 0 saturated heterocycles. The standard InChI is InChI=1S/C6H11N5O3/c12-3-4(13)1-7-6(14)9-5-2-8-11-10-5/h2,4,12-13H,1,3H2,(H3,7,8,9,10,11,14). The van der Waals surface area contributed by atoms with Crippen LogP contribution < -0.4 is 10.6 Å². The van der Waals surface area contributed by atoms with Crippen LogP contribution in [0.25, 0.3) is 0 Å². The first kappa shape index (κ1) is 10.4. The Morgan fingerprint density at radius 3 is 3.07 bits per heavy atom. The van der Waals surface area contributed by atoms with E-state index in [2.05, 4.69) is 26.0 Å². The number of aliphatic hydroxyl groups is 2. The lowest BCUT2D eigenvalue weighted by Crippen LogP contribution is -2.36. The number of hydrogen-bond acceptors (Lipinski definition) is 5. The van der Waals surface area contributed by atoms with Gasteiger partial charge in [-0.2, -0.15) is 0 Å². The summed E-state index contributed by atoms with van der Waals surface area (Å²) in [6, 6.07) is -0.511. The van der Waals surface area contributed by atoms with Gasteiger partial charge in [0, 0.05) is 6.54 Å². The van der Waals surface area contributed by atoms with Crippen molar-refractivity contribution in [2.24, 2.45) is 0 Å². The number of anilines is 1. The predicted octanol–water partition coefficient (Wildman–Crippen LogP) is -1.72. The molecule has 0 aliphatic heterocycles. The average Bonchev–Trinajstić information content (AvgIpc) is 2.66. The molecule has 8 nitrogen and oxygen atoms in total. The minimum Gasteiger partial charge on any atom is -0.394 e. The Labute approximate surface area is 79.3 Å². The van der Waals surface area contributed by atoms with Crippen molar-refractivity contribution in [1.82, 2.24) is 20.7 Å². The summed E-state index contributed by atoms with van der Waals surface area (Å²) in [5, 5.41) is 31.3. The SMILES string of the molecule is O=C(NCC(O)CO)Nc1cnn[nH]1. The van der Waals surface area contributed by atoms with E-state index in [0.717, 1.165) is 0 Å². The Hall–Kier alpha value is -1.67. The molecule has 0 spiro atoms. The molecule has 0 aromatic carbocycles. The summed E-state index contributed by atoms with van der Waals surface area (Å²) in [6.07, 6.45) is 0.378. The molecule has 0 saturated carbocycles. The van der Waals surface area contributed by atoms with Crippen molar-refractivity contribution in [3.63, 3.8) is 0 Å². The van der Waals surface area contributed by atoms with Crippen LogP contribution in [-0.4, -0.2) is 50.9 Å². The summed E-state index contributed by atoms with van der Waals surface area (Å²) < 4.78 is 0. The highest BCUT2D eigenvalue weighted by Gasteiger charge is 2.05. The predicted molar refractivity (Wildman–Crippen MR) is 46.5 cm³/mol. The zero-order valence-electron chi connectivity index (χ0n) is 7.27. The summed E-state index contributed by atoms with van der Waals surface area (Å²) in [6.45, 7) is -0.421. The van der Waals surface area contributed by atoms with Crippen LogP contribution in [0.4, 0.5) is 10.6 Å². The number of aromatic amines is 1. The van der Waals surface area contributed by atoms with Crippen molar-refractivity contribution in [3.8, 4) is 0 Å². The van der Waals surface area contributed by atoms with E-state index in [1.165, 1.54) is 6.20 Å². The van der Waals surface area contributed by atoms with Gasteiger partial charge in [0.1, 0.15) is 5.82 Å². The van der Waals surface area contributed by atoms with E-state index in [9.17, 15) is 4.79 Å². The maximum absolute atomic E-state index is 11.0. The van der Waals surface area contributed by atoms with Gasteiger partial charge in [-0.25, -0.2) is 9.89 Å². The number of aromatic nitrogens is 3. The average molecular weight is 201 g/mol. The monoisotopic (exact) mass is 201 g/mol. The fraction of sp³-hybridized carbons (Fsp3) is 0.500. The molecule has 0 bridgehead atoms. The quantitative estimate of drug-likeness (QED) is 0.396. The molecule has 8 heteroatoms. The molecule has 0 aliphatic carbocycles. The number of amides is 2. The van der Waals surface area contributed by atoms with Crippen LogP contribution in [-0.2, 0) is 0 Å². The maximum Gasteiger partial charge on any atom is 0.320 e. The van der Waals surface area contributed by atoms with Crippen LogP contribution in [0.2, 0.25) is 0 Å². The van der Waals surface area contributed by atoms with E-state index in [4.69, 9.17) is 10.2 Å². The normalized spacial score (nSPS) is 12.1. The lowest BCUT2D eigenvalue weighted by atomic mass is 10.4. The highest BCUT2D eigenvalue weighted by atomic mass is 16.3. The van der Waals surface area contributed by atoms with Crippen molar-refractivity contribution in [1.29, 1.82) is 0 Å². The lowest BCUT2D eigenvalue weighted by molar-refractivity contribution is 0.0965. The van der Waals surface area contributed by atoms with Gasteiger partial charge in [0.25, 0.3) is 0 Å². The Morgan fingerprint density at radius 2 is 2.50 bits per heavy atom. The van der Waals surface area contributed by atoms with Gasteiger partial charge in [-0.05, 0) is 0 Å². The van der Waals surface area contributed by atoms with Gasteiger partial charge in [-0.3, -0.25) is 5.32 Å². The van der Waals surface area contributed by atoms with Crippen LogP contribution in [0.15, 0.2) is 6.20 Å². The van der Waals surface area contributed by atoms with Gasteiger partial charge in [0.2, 0.25) is 0 Å². The number of carbonyl (C=O) groups excluding carboxylic acids is 1. The number of nitrogens with one attached hydrogen (secondary N) is 3. The number of hydrogen-bond donors (Lipinski definition) is 5. The second-order valence-corrected chi connectivity index (χ2v) is 2.54. The third-order valence-corrected chi connectivity index (χ3v) is 1.37. The molecule has 0 aliphatic rings. The number of urea groups is 1. The number of carbonyl (C=O) groups is 1. The molecule has 78 valence electrons. The van der Waals surface area contributed by atoms with E-state index in [-0.39, 0.29) is 6.54 Å². The topological polar surface area (TPSA) is 123 Å². The first-order chi connectivity index (χ1) is 6.72. The molecule has 1 rings (SSSR count). The van der Waals surface area contributed by atoms with Gasteiger partial charge >= 0.3 is 6.03 Å². The van der Waals surface area contributed by atoms with Gasteiger partial charge in [0.15, 0.2) is 0 Å². The molecule has 5 N–H and O–H groups in total. The van der Waals surface area contributed by atoms with E-state index >= 15 is 0 Å². The minimum atomic E-state index is -0.958. The molecule has 1 heterocycles. The smallest absolute Gasteiger partial charge is 0.320 e. The summed E-state index contributed by atoms with van der Waals surface area (Å²) in [4.78, 5) is 11.0. The van der Waals surface area contributed by atoms with Crippen molar-refractivity contribution >= 4 is 11.8 Å². The van der Waals surface area contributed by atoms with E-state index < -0.39 is 18.7 Å². The molecule has 1 aromatic rings. The Kier molecular flexibility index (Phi) is 3.83. The zero-order valence-corrected chi connectivity index (χ0v) is 7.27. The molecule has 0 fully saturated rings. The van der Waals surface area contributed by atoms with Crippen molar-refractivity contribution in [3.05, 3.63) is 6.20 Å². The fourth-order valence-corrected chi connectivity index (χ4v) is 0.700. The van der Waals surface area contributed by atoms with Crippen LogP contribution in [0.1, 0.15) is 0 Å². The minimum absolute atomic E-state index is 0.0239. The van der Waals surface area contributed by atoms with Gasteiger partial charge in [-0.15, -0.1) is 5.10 Å². The third-order valence-electron chi connectivity index (χ3n) is 1.37. The van der Waals surface area contributed by atoms with Gasteiger partial charge < -0.3 is 15.5 Å². The summed E-state index contributed by atoms with van der Waals surface area (Å²) >= 11 is 0. The second-order valence-electron chi connectivity index (χ2n) is 2.54. The largest absolute Gasteiger partial charge is 0.394 e. The Bertz CT molecular complexity index is 275. The van der Waals surface area contributed by atoms with Crippen LogP contribution >= 0.6 is 0 Å². The number of nitrogens with zero attached hydrogens (tertiary/aromatic N) is 2. The number of H-pyrrole nitrogens is 1. The fourth-order valence-electron chi connectivity index (χ4n) is 0.700. The number of rotatable bonds is 4. The van der Waals surface area contributed by atoms with Crippen LogP contribution in [0.3, 0.4) is 0 Å². The van der Waals surface area contributed by atoms with E-state index in [1.807, 2.05) is 0 Å². The molecule has 14 heavy (non-hydrogen) atoms. The summed E-state index contributed by atoms with van der Waals surface area (Å²) in [7, 11) is 0. The van der Waals surface area contributed by atoms with Gasteiger partial charge in [0.05, 0.1) is 18.9 Å². The van der Waals surface area contributed by atoms with Crippen LogP contribution in [0, 0.1) is 0 Å². The summed E-state index contributed by atoms with van der Waals surface area (Å²) in [5.41, 5.74) is 0. The van der Waals surface area contributed by atoms with Gasteiger partial charge in [-0.1, -0.05) is 5.21 Å². The molecular formula is C6H11N5O3. The Morgan fingerprint density at radius 1 is 1.71 bits per heavy atom. The van der Waals surface area contributed by atoms with Crippen molar-refractivity contribution < 1.29 is 15.0 Å². The summed E-state index contributed by atoms with van der Waals surface area (Å²) in [5.74, 6) is 0.348. The lowest BCUT2D eigenvalue weighted by Gasteiger charge is -2.08. The highest BCUT2D eigenvalue weighted by molar-refractivity contribution is 5.87. The maximum atomic E-state index is 11.0. The zero-order chi connectivity index (χ0) is 10.4. The van der Waals surface area contributed by atoms with E-state index in [1.54, 1.807) is 0 Å². The van der Waals surface area contributed by atoms with Crippen LogP contribution in [0.5, 0.6) is 0 Å². The second kappa shape index (κ2) is 5.14. The first-order valence-corrected chi connectivity index (χ1v) is 3.92. The number of aliphatic hydroxyl groups excluding tert-OH is 2. The molecule has 1 atom stereocenters. The molecule has 0 radical (unpaired) electrons. The Balaban J connectivity index is 2.23. The molecular weight excluding hydrogens is 190 g/mol. The third kappa shape index (κ3) is 3.37.